The van der Waals surface area contributed by atoms with Gasteiger partial charge in [0.05, 0.1) is 0 Å². The van der Waals surface area contributed by atoms with Gasteiger partial charge in [0.2, 0.25) is 0 Å². The van der Waals surface area contributed by atoms with E-state index in [9.17, 15) is 0 Å². The lowest BCUT2D eigenvalue weighted by Crippen LogP contribution is -2.36. The van der Waals surface area contributed by atoms with Gasteiger partial charge in [0.15, 0.2) is 0 Å². The molecule has 1 saturated heterocycles. The van der Waals surface area contributed by atoms with Gasteiger partial charge in [0, 0.05) is 51.3 Å². The second-order valence-corrected chi connectivity index (χ2v) is 5.76. The first-order valence-electron chi connectivity index (χ1n) is 7.39. The Labute approximate surface area is 120 Å². The van der Waals surface area contributed by atoms with Gasteiger partial charge in [-0.2, -0.15) is 0 Å². The number of pyridine rings is 1. The molecule has 2 aromatic rings. The zero-order valence-corrected chi connectivity index (χ0v) is 12.1. The summed E-state index contributed by atoms with van der Waals surface area (Å²) in [4.78, 5) is 11.1. The summed E-state index contributed by atoms with van der Waals surface area (Å²) >= 11 is 0. The van der Waals surface area contributed by atoms with Gasteiger partial charge in [0.1, 0.15) is 5.82 Å². The van der Waals surface area contributed by atoms with Crippen LogP contribution < -0.4 is 0 Å². The minimum atomic E-state index is 0.728. The average Bonchev–Trinajstić information content (AvgIpc) is 2.86. The molecule has 1 aliphatic rings. The number of nitrogens with zero attached hydrogens (tertiary/aromatic N) is 4. The fraction of sp³-hybridized carbons (Fsp3) is 0.500. The van der Waals surface area contributed by atoms with Crippen LogP contribution in [0.3, 0.4) is 0 Å². The number of aryl methyl sites for hydroxylation is 1. The maximum absolute atomic E-state index is 4.46. The molecular formula is C16H22N4. The quantitative estimate of drug-likeness (QED) is 0.854. The van der Waals surface area contributed by atoms with E-state index in [1.165, 1.54) is 37.3 Å². The molecule has 0 aliphatic carbocycles. The normalized spacial score (nSPS) is 20.1. The first kappa shape index (κ1) is 13.3. The summed E-state index contributed by atoms with van der Waals surface area (Å²) in [5, 5.41) is 0. The summed E-state index contributed by atoms with van der Waals surface area (Å²) in [5.74, 6) is 1.94. The molecule has 0 aromatic carbocycles. The summed E-state index contributed by atoms with van der Waals surface area (Å²) in [6.07, 6.45) is 11.4. The maximum Gasteiger partial charge on any atom is 0.108 e. The molecule has 0 bridgehead atoms. The molecule has 1 aliphatic heterocycles. The smallest absolute Gasteiger partial charge is 0.108 e. The molecule has 1 fully saturated rings. The van der Waals surface area contributed by atoms with Crippen LogP contribution in [-0.4, -0.2) is 32.5 Å². The van der Waals surface area contributed by atoms with Crippen molar-refractivity contribution in [2.75, 3.05) is 13.1 Å². The van der Waals surface area contributed by atoms with Gasteiger partial charge in [-0.3, -0.25) is 9.88 Å². The van der Waals surface area contributed by atoms with Crippen LogP contribution in [0.1, 0.15) is 24.2 Å². The highest BCUT2D eigenvalue weighted by atomic mass is 15.1. The largest absolute Gasteiger partial charge is 0.338 e. The highest BCUT2D eigenvalue weighted by Gasteiger charge is 2.21. The van der Waals surface area contributed by atoms with Crippen molar-refractivity contribution in [1.82, 2.24) is 19.4 Å². The van der Waals surface area contributed by atoms with Crippen LogP contribution in [0.2, 0.25) is 0 Å². The Kier molecular flexibility index (Phi) is 4.11. The number of hydrogen-bond acceptors (Lipinski definition) is 3. The molecule has 4 heteroatoms. The Morgan fingerprint density at radius 1 is 1.25 bits per heavy atom. The molecule has 0 saturated carbocycles. The standard InChI is InChI=1S/C16H22N4/c1-19-10-8-18-16(19)11-15-3-2-9-20(13-15)12-14-4-6-17-7-5-14/h4-8,10,15H,2-3,9,11-13H2,1H3. The van der Waals surface area contributed by atoms with Gasteiger partial charge in [-0.15, -0.1) is 0 Å². The van der Waals surface area contributed by atoms with Gasteiger partial charge in [-0.25, -0.2) is 4.98 Å². The third kappa shape index (κ3) is 3.25. The second kappa shape index (κ2) is 6.18. The fourth-order valence-corrected chi connectivity index (χ4v) is 3.06. The van der Waals surface area contributed by atoms with Crippen molar-refractivity contribution in [2.24, 2.45) is 13.0 Å². The number of hydrogen-bond donors (Lipinski definition) is 0. The molecule has 1 unspecified atom stereocenters. The molecule has 2 aromatic heterocycles. The Balaban J connectivity index is 1.58. The lowest BCUT2D eigenvalue weighted by atomic mass is 9.94. The van der Waals surface area contributed by atoms with E-state index in [-0.39, 0.29) is 0 Å². The van der Waals surface area contributed by atoms with Crippen molar-refractivity contribution >= 4 is 0 Å². The number of imidazole rings is 1. The summed E-state index contributed by atoms with van der Waals surface area (Å²) in [7, 11) is 2.08. The van der Waals surface area contributed by atoms with Gasteiger partial charge in [-0.1, -0.05) is 0 Å². The van der Waals surface area contributed by atoms with E-state index >= 15 is 0 Å². The Morgan fingerprint density at radius 2 is 2.10 bits per heavy atom. The SMILES string of the molecule is Cn1ccnc1CC1CCCN(Cc2ccncc2)C1. The van der Waals surface area contributed by atoms with Crippen molar-refractivity contribution in [3.63, 3.8) is 0 Å². The van der Waals surface area contributed by atoms with E-state index < -0.39 is 0 Å². The second-order valence-electron chi connectivity index (χ2n) is 5.76. The molecule has 20 heavy (non-hydrogen) atoms. The molecule has 3 heterocycles. The van der Waals surface area contributed by atoms with Crippen LogP contribution in [0.4, 0.5) is 0 Å². The fourth-order valence-electron chi connectivity index (χ4n) is 3.06. The Bertz CT molecular complexity index is 534. The lowest BCUT2D eigenvalue weighted by molar-refractivity contribution is 0.165. The summed E-state index contributed by atoms with van der Waals surface area (Å²) in [6, 6.07) is 4.23. The van der Waals surface area contributed by atoms with Crippen LogP contribution in [0.15, 0.2) is 36.9 Å². The Hall–Kier alpha value is -1.68. The zero-order chi connectivity index (χ0) is 13.8. The third-order valence-electron chi connectivity index (χ3n) is 4.15. The molecule has 0 amide bonds. The van der Waals surface area contributed by atoms with Gasteiger partial charge >= 0.3 is 0 Å². The number of rotatable bonds is 4. The van der Waals surface area contributed by atoms with Gasteiger partial charge < -0.3 is 4.57 Å². The molecule has 106 valence electrons. The number of piperidine rings is 1. The van der Waals surface area contributed by atoms with Crippen LogP contribution in [-0.2, 0) is 20.0 Å². The van der Waals surface area contributed by atoms with Gasteiger partial charge in [-0.05, 0) is 43.0 Å². The molecule has 1 atom stereocenters. The van der Waals surface area contributed by atoms with Crippen molar-refractivity contribution in [3.05, 3.63) is 48.3 Å². The van der Waals surface area contributed by atoms with E-state index in [1.54, 1.807) is 0 Å². The van der Waals surface area contributed by atoms with Crippen LogP contribution in [0, 0.1) is 5.92 Å². The average molecular weight is 270 g/mol. The first-order chi connectivity index (χ1) is 9.81. The predicted octanol–water partition coefficient (Wildman–Crippen LogP) is 2.27. The minimum Gasteiger partial charge on any atom is -0.338 e. The molecule has 0 spiro atoms. The number of likely N-dealkylation sites (tertiary alicyclic amines) is 1. The van der Waals surface area contributed by atoms with Crippen LogP contribution in [0.25, 0.3) is 0 Å². The predicted molar refractivity (Wildman–Crippen MR) is 79.2 cm³/mol. The van der Waals surface area contributed by atoms with E-state index in [2.05, 4.69) is 38.6 Å². The van der Waals surface area contributed by atoms with Crippen LogP contribution in [0.5, 0.6) is 0 Å². The van der Waals surface area contributed by atoms with Crippen molar-refractivity contribution < 1.29 is 0 Å². The zero-order valence-electron chi connectivity index (χ0n) is 12.1. The van der Waals surface area contributed by atoms with Crippen molar-refractivity contribution in [2.45, 2.75) is 25.8 Å². The van der Waals surface area contributed by atoms with Crippen molar-refractivity contribution in [3.8, 4) is 0 Å². The van der Waals surface area contributed by atoms with E-state index in [0.717, 1.165) is 18.9 Å². The Morgan fingerprint density at radius 3 is 2.85 bits per heavy atom. The maximum atomic E-state index is 4.46. The summed E-state index contributed by atoms with van der Waals surface area (Å²) in [6.45, 7) is 3.42. The highest BCUT2D eigenvalue weighted by molar-refractivity contribution is 5.09. The van der Waals surface area contributed by atoms with E-state index in [0.29, 0.717) is 0 Å². The van der Waals surface area contributed by atoms with E-state index in [4.69, 9.17) is 0 Å². The molecular weight excluding hydrogens is 248 g/mol. The van der Waals surface area contributed by atoms with Crippen LogP contribution >= 0.6 is 0 Å². The monoisotopic (exact) mass is 270 g/mol. The third-order valence-corrected chi connectivity index (χ3v) is 4.15. The minimum absolute atomic E-state index is 0.728. The van der Waals surface area contributed by atoms with Crippen molar-refractivity contribution in [1.29, 1.82) is 0 Å². The molecule has 0 radical (unpaired) electrons. The number of aromatic nitrogens is 3. The first-order valence-corrected chi connectivity index (χ1v) is 7.39. The summed E-state index contributed by atoms with van der Waals surface area (Å²) < 4.78 is 2.14. The van der Waals surface area contributed by atoms with E-state index in [1.807, 2.05) is 24.8 Å². The topological polar surface area (TPSA) is 34.0 Å². The molecule has 3 rings (SSSR count). The summed E-state index contributed by atoms with van der Waals surface area (Å²) in [5.41, 5.74) is 1.36. The highest BCUT2D eigenvalue weighted by Crippen LogP contribution is 2.21. The molecule has 4 nitrogen and oxygen atoms in total. The lowest BCUT2D eigenvalue weighted by Gasteiger charge is -2.32. The van der Waals surface area contributed by atoms with Gasteiger partial charge in [0.25, 0.3) is 0 Å². The molecule has 0 N–H and O–H groups in total.